The number of carbonyl (C=O) groups excluding carboxylic acids is 1. The van der Waals surface area contributed by atoms with E-state index in [2.05, 4.69) is 5.10 Å². The van der Waals surface area contributed by atoms with Crippen LogP contribution in [-0.2, 0) is 11.3 Å². The molecule has 1 heterocycles. The van der Waals surface area contributed by atoms with Crippen molar-refractivity contribution in [1.82, 2.24) is 9.78 Å². The lowest BCUT2D eigenvalue weighted by atomic mass is 10.2. The van der Waals surface area contributed by atoms with Gasteiger partial charge in [0.05, 0.1) is 36.5 Å². The average molecular weight is 429 g/mol. The number of ether oxygens (including phenoxy) is 3. The number of aryl methyl sites for hydroxylation is 1. The number of benzene rings is 2. The first-order chi connectivity index (χ1) is 14.4. The van der Waals surface area contributed by atoms with Crippen molar-refractivity contribution in [3.63, 3.8) is 0 Å². The Hall–Kier alpha value is -3.32. The van der Waals surface area contributed by atoms with Crippen molar-refractivity contribution in [2.45, 2.75) is 20.4 Å². The maximum atomic E-state index is 12.9. The standard InChI is InChI=1S/C22H21ClN2O5/c1-4-29-22(27)16-7-10-19(18(23)12-16)30-20-11-14(2)24-25(21(20)26)13-15-5-8-17(28-3)9-6-15/h5-12H,4,13H2,1-3H3. The summed E-state index contributed by atoms with van der Waals surface area (Å²) in [6.45, 7) is 4.02. The Bertz CT molecular complexity index is 1110. The lowest BCUT2D eigenvalue weighted by molar-refractivity contribution is 0.0526. The van der Waals surface area contributed by atoms with Crippen LogP contribution >= 0.6 is 11.6 Å². The monoisotopic (exact) mass is 428 g/mol. The van der Waals surface area contributed by atoms with Crippen LogP contribution in [0, 0.1) is 6.92 Å². The normalized spacial score (nSPS) is 10.5. The Morgan fingerprint density at radius 3 is 2.47 bits per heavy atom. The van der Waals surface area contributed by atoms with Gasteiger partial charge in [0.25, 0.3) is 0 Å². The van der Waals surface area contributed by atoms with E-state index in [1.807, 2.05) is 24.3 Å². The Kier molecular flexibility index (Phi) is 6.74. The first-order valence-electron chi connectivity index (χ1n) is 9.27. The summed E-state index contributed by atoms with van der Waals surface area (Å²) >= 11 is 6.24. The number of aromatic nitrogens is 2. The topological polar surface area (TPSA) is 79.7 Å². The lowest BCUT2D eigenvalue weighted by Crippen LogP contribution is -2.25. The Morgan fingerprint density at radius 2 is 1.83 bits per heavy atom. The molecule has 0 aliphatic rings. The SMILES string of the molecule is CCOC(=O)c1ccc(Oc2cc(C)nn(Cc3ccc(OC)cc3)c2=O)c(Cl)c1. The molecule has 0 atom stereocenters. The van der Waals surface area contributed by atoms with Crippen molar-refractivity contribution in [1.29, 1.82) is 0 Å². The minimum absolute atomic E-state index is 0.0850. The van der Waals surface area contributed by atoms with Crippen molar-refractivity contribution in [3.8, 4) is 17.2 Å². The first kappa shape index (κ1) is 21.4. The molecule has 3 rings (SSSR count). The van der Waals surface area contributed by atoms with Crippen LogP contribution in [0.15, 0.2) is 53.3 Å². The summed E-state index contributed by atoms with van der Waals surface area (Å²) in [5, 5.41) is 4.48. The van der Waals surface area contributed by atoms with Gasteiger partial charge in [-0.3, -0.25) is 4.79 Å². The van der Waals surface area contributed by atoms with Gasteiger partial charge in [-0.1, -0.05) is 23.7 Å². The zero-order valence-corrected chi connectivity index (χ0v) is 17.6. The first-order valence-corrected chi connectivity index (χ1v) is 9.65. The van der Waals surface area contributed by atoms with E-state index in [0.717, 1.165) is 11.3 Å². The van der Waals surface area contributed by atoms with Gasteiger partial charge < -0.3 is 14.2 Å². The molecule has 0 spiro atoms. The average Bonchev–Trinajstić information content (AvgIpc) is 2.73. The number of hydrogen-bond acceptors (Lipinski definition) is 6. The van der Waals surface area contributed by atoms with E-state index in [9.17, 15) is 9.59 Å². The van der Waals surface area contributed by atoms with Gasteiger partial charge in [-0.2, -0.15) is 5.10 Å². The summed E-state index contributed by atoms with van der Waals surface area (Å²) < 4.78 is 17.2. The van der Waals surface area contributed by atoms with Gasteiger partial charge in [0.1, 0.15) is 11.5 Å². The summed E-state index contributed by atoms with van der Waals surface area (Å²) in [7, 11) is 1.59. The number of methoxy groups -OCH3 is 1. The molecule has 0 radical (unpaired) electrons. The van der Waals surface area contributed by atoms with Gasteiger partial charge in [-0.25, -0.2) is 9.48 Å². The predicted molar refractivity (Wildman–Crippen MR) is 113 cm³/mol. The Balaban J connectivity index is 1.86. The van der Waals surface area contributed by atoms with Crippen LogP contribution in [0.2, 0.25) is 5.02 Å². The van der Waals surface area contributed by atoms with Crippen LogP contribution in [0.4, 0.5) is 0 Å². The predicted octanol–water partition coefficient (Wildman–Crippen LogP) is 4.23. The van der Waals surface area contributed by atoms with Gasteiger partial charge in [0, 0.05) is 6.07 Å². The molecule has 30 heavy (non-hydrogen) atoms. The molecule has 7 nitrogen and oxygen atoms in total. The summed E-state index contributed by atoms with van der Waals surface area (Å²) in [4.78, 5) is 24.7. The second kappa shape index (κ2) is 9.45. The van der Waals surface area contributed by atoms with E-state index < -0.39 is 11.5 Å². The van der Waals surface area contributed by atoms with E-state index in [0.29, 0.717) is 11.3 Å². The summed E-state index contributed by atoms with van der Waals surface area (Å²) in [5.74, 6) is 0.589. The zero-order valence-electron chi connectivity index (χ0n) is 16.8. The Labute approximate surface area is 178 Å². The van der Waals surface area contributed by atoms with E-state index in [4.69, 9.17) is 25.8 Å². The van der Waals surface area contributed by atoms with E-state index in [1.165, 1.54) is 22.9 Å². The number of carbonyl (C=O) groups is 1. The molecule has 1 aromatic heterocycles. The highest BCUT2D eigenvalue weighted by atomic mass is 35.5. The largest absolute Gasteiger partial charge is 0.497 e. The molecule has 0 aliphatic heterocycles. The van der Waals surface area contributed by atoms with Crippen molar-refractivity contribution >= 4 is 17.6 Å². The molecule has 0 fully saturated rings. The van der Waals surface area contributed by atoms with Crippen molar-refractivity contribution in [3.05, 3.63) is 80.7 Å². The van der Waals surface area contributed by atoms with Crippen LogP contribution in [0.25, 0.3) is 0 Å². The Morgan fingerprint density at radius 1 is 1.10 bits per heavy atom. The second-order valence-corrected chi connectivity index (χ2v) is 6.84. The number of nitrogens with zero attached hydrogens (tertiary/aromatic N) is 2. The molecule has 3 aromatic rings. The number of rotatable bonds is 7. The maximum absolute atomic E-state index is 12.9. The molecule has 0 bridgehead atoms. The van der Waals surface area contributed by atoms with Gasteiger partial charge in [-0.05, 0) is 49.7 Å². The molecule has 2 aromatic carbocycles. The zero-order chi connectivity index (χ0) is 21.7. The van der Waals surface area contributed by atoms with Crippen molar-refractivity contribution in [2.75, 3.05) is 13.7 Å². The highest BCUT2D eigenvalue weighted by molar-refractivity contribution is 6.32. The lowest BCUT2D eigenvalue weighted by Gasteiger charge is -2.12. The quantitative estimate of drug-likeness (QED) is 0.524. The minimum Gasteiger partial charge on any atom is -0.497 e. The van der Waals surface area contributed by atoms with Crippen LogP contribution < -0.4 is 15.0 Å². The van der Waals surface area contributed by atoms with Crippen LogP contribution in [-0.4, -0.2) is 29.5 Å². The molecule has 0 saturated heterocycles. The molecule has 8 heteroatoms. The summed E-state index contributed by atoms with van der Waals surface area (Å²) in [6.07, 6.45) is 0. The molecular weight excluding hydrogens is 408 g/mol. The molecular formula is C22H21ClN2O5. The van der Waals surface area contributed by atoms with Crippen LogP contribution in [0.5, 0.6) is 17.2 Å². The summed E-state index contributed by atoms with van der Waals surface area (Å²) in [6, 6.07) is 13.4. The highest BCUT2D eigenvalue weighted by Gasteiger charge is 2.14. The van der Waals surface area contributed by atoms with Gasteiger partial charge >= 0.3 is 11.5 Å². The molecule has 0 saturated carbocycles. The second-order valence-electron chi connectivity index (χ2n) is 6.43. The molecule has 156 valence electrons. The fourth-order valence-electron chi connectivity index (χ4n) is 2.77. The number of halogens is 1. The van der Waals surface area contributed by atoms with E-state index in [-0.39, 0.29) is 29.7 Å². The van der Waals surface area contributed by atoms with Crippen LogP contribution in [0.3, 0.4) is 0 Å². The molecule has 0 N–H and O–H groups in total. The number of esters is 1. The molecule has 0 aliphatic carbocycles. The molecule has 0 amide bonds. The fourth-order valence-corrected chi connectivity index (χ4v) is 2.99. The fraction of sp³-hybridized carbons (Fsp3) is 0.227. The van der Waals surface area contributed by atoms with Crippen molar-refractivity contribution in [2.24, 2.45) is 0 Å². The minimum atomic E-state index is -0.479. The van der Waals surface area contributed by atoms with Gasteiger partial charge in [0.2, 0.25) is 0 Å². The third kappa shape index (κ3) is 4.99. The van der Waals surface area contributed by atoms with E-state index in [1.54, 1.807) is 27.0 Å². The maximum Gasteiger partial charge on any atom is 0.338 e. The third-order valence-electron chi connectivity index (χ3n) is 4.22. The highest BCUT2D eigenvalue weighted by Crippen LogP contribution is 2.29. The molecule has 0 unspecified atom stereocenters. The van der Waals surface area contributed by atoms with Gasteiger partial charge in [-0.15, -0.1) is 0 Å². The van der Waals surface area contributed by atoms with Crippen molar-refractivity contribution < 1.29 is 19.0 Å². The summed E-state index contributed by atoms with van der Waals surface area (Å²) in [5.41, 5.74) is 1.40. The smallest absolute Gasteiger partial charge is 0.338 e. The van der Waals surface area contributed by atoms with E-state index >= 15 is 0 Å². The van der Waals surface area contributed by atoms with Gasteiger partial charge in [0.15, 0.2) is 5.75 Å². The third-order valence-corrected chi connectivity index (χ3v) is 4.51. The van der Waals surface area contributed by atoms with Crippen LogP contribution in [0.1, 0.15) is 28.5 Å². The number of hydrogen-bond donors (Lipinski definition) is 0.